The fourth-order valence-electron chi connectivity index (χ4n) is 10.6. The van der Waals surface area contributed by atoms with Crippen molar-refractivity contribution >= 4 is 45.9 Å². The summed E-state index contributed by atoms with van der Waals surface area (Å²) in [6.07, 6.45) is 10.8. The fourth-order valence-corrected chi connectivity index (χ4v) is 11.6. The van der Waals surface area contributed by atoms with Crippen LogP contribution < -0.4 is 14.5 Å². The molecule has 4 aliphatic rings. The predicted octanol–water partition coefficient (Wildman–Crippen LogP) is 16.9. The molecule has 0 N–H and O–H groups in total. The zero-order chi connectivity index (χ0) is 40.2. The molecule has 0 spiro atoms. The highest BCUT2D eigenvalue weighted by atomic mass is 32.2. The van der Waals surface area contributed by atoms with Crippen molar-refractivity contribution in [3.8, 4) is 33.8 Å². The maximum atomic E-state index is 16.0. The molecule has 2 heterocycles. The highest BCUT2D eigenvalue weighted by molar-refractivity contribution is 7.99. The normalized spacial score (nSPS) is 16.4. The van der Waals surface area contributed by atoms with E-state index in [9.17, 15) is 0 Å². The SMILES string of the molecule is Fc1cccc(-c2c(C3CCCCC3)c(-c3cccc(F)c3)c(N3c4ccccc4Sc4ccccc43)c(C3CCCCC3)c2N2c3ccccc3Oc3ccccc32)c1. The van der Waals surface area contributed by atoms with Crippen molar-refractivity contribution in [3.63, 3.8) is 0 Å². The Kier molecular flexibility index (Phi) is 9.69. The van der Waals surface area contributed by atoms with Crippen LogP contribution in [-0.4, -0.2) is 0 Å². The molecule has 60 heavy (non-hydrogen) atoms. The Hall–Kier alpha value is -5.85. The first-order valence-corrected chi connectivity index (χ1v) is 22.5. The number of ether oxygens (including phenoxy) is 1. The van der Waals surface area contributed by atoms with Crippen molar-refractivity contribution < 1.29 is 13.5 Å². The average Bonchev–Trinajstić information content (AvgIpc) is 3.29. The molecule has 2 aliphatic heterocycles. The van der Waals surface area contributed by atoms with E-state index in [4.69, 9.17) is 4.74 Å². The molecule has 7 aromatic rings. The van der Waals surface area contributed by atoms with Crippen molar-refractivity contribution in [2.75, 3.05) is 9.80 Å². The third-order valence-electron chi connectivity index (χ3n) is 13.1. The largest absolute Gasteiger partial charge is 0.453 e. The molecule has 0 amide bonds. The van der Waals surface area contributed by atoms with Crippen molar-refractivity contribution in [2.45, 2.75) is 85.8 Å². The highest BCUT2D eigenvalue weighted by Gasteiger charge is 2.41. The number of rotatable bonds is 6. The van der Waals surface area contributed by atoms with E-state index in [0.29, 0.717) is 0 Å². The van der Waals surface area contributed by atoms with Crippen molar-refractivity contribution in [2.24, 2.45) is 0 Å². The maximum Gasteiger partial charge on any atom is 0.151 e. The van der Waals surface area contributed by atoms with Crippen LogP contribution in [0.2, 0.25) is 0 Å². The minimum Gasteiger partial charge on any atom is -0.453 e. The van der Waals surface area contributed by atoms with Crippen LogP contribution in [0.1, 0.15) is 87.2 Å². The van der Waals surface area contributed by atoms with E-state index in [2.05, 4.69) is 107 Å². The van der Waals surface area contributed by atoms with Gasteiger partial charge in [0.05, 0.1) is 34.1 Å². The summed E-state index contributed by atoms with van der Waals surface area (Å²) >= 11 is 1.80. The molecule has 7 aromatic carbocycles. The molecule has 2 aliphatic carbocycles. The molecule has 2 fully saturated rings. The Morgan fingerprint density at radius 2 is 0.850 bits per heavy atom. The molecular formula is C54H46F2N2OS. The summed E-state index contributed by atoms with van der Waals surface area (Å²) in [5, 5.41) is 0. The Bertz CT molecular complexity index is 2490. The van der Waals surface area contributed by atoms with E-state index in [1.807, 2.05) is 24.3 Å². The zero-order valence-corrected chi connectivity index (χ0v) is 34.4. The van der Waals surface area contributed by atoms with Gasteiger partial charge in [-0.3, -0.25) is 0 Å². The zero-order valence-electron chi connectivity index (χ0n) is 33.5. The van der Waals surface area contributed by atoms with Gasteiger partial charge < -0.3 is 14.5 Å². The lowest BCUT2D eigenvalue weighted by Crippen LogP contribution is -2.26. The summed E-state index contributed by atoms with van der Waals surface area (Å²) < 4.78 is 38.8. The Morgan fingerprint density at radius 1 is 0.433 bits per heavy atom. The molecule has 0 radical (unpaired) electrons. The number of nitrogens with zero attached hydrogens (tertiary/aromatic N) is 2. The van der Waals surface area contributed by atoms with E-state index < -0.39 is 0 Å². The van der Waals surface area contributed by atoms with Gasteiger partial charge in [-0.1, -0.05) is 123 Å². The Morgan fingerprint density at radius 3 is 1.33 bits per heavy atom. The van der Waals surface area contributed by atoms with Crippen LogP contribution in [-0.2, 0) is 0 Å². The third kappa shape index (κ3) is 6.39. The lowest BCUT2D eigenvalue weighted by molar-refractivity contribution is 0.440. The second kappa shape index (κ2) is 15.6. The number of para-hydroxylation sites is 6. The molecule has 0 atom stereocenters. The quantitative estimate of drug-likeness (QED) is 0.166. The van der Waals surface area contributed by atoms with Crippen LogP contribution in [0.15, 0.2) is 155 Å². The van der Waals surface area contributed by atoms with Crippen molar-refractivity contribution in [3.05, 3.63) is 168 Å². The van der Waals surface area contributed by atoms with Crippen LogP contribution in [0, 0.1) is 11.6 Å². The number of benzene rings is 7. The molecule has 2 saturated carbocycles. The number of fused-ring (bicyclic) bond motifs is 4. The third-order valence-corrected chi connectivity index (χ3v) is 14.2. The summed E-state index contributed by atoms with van der Waals surface area (Å²) in [5.74, 6) is 1.30. The lowest BCUT2D eigenvalue weighted by Gasteiger charge is -2.44. The van der Waals surface area contributed by atoms with E-state index in [1.165, 1.54) is 33.8 Å². The molecule has 0 saturated heterocycles. The van der Waals surface area contributed by atoms with Gasteiger partial charge in [0.1, 0.15) is 11.6 Å². The number of anilines is 6. The molecule has 3 nitrogen and oxygen atoms in total. The van der Waals surface area contributed by atoms with Gasteiger partial charge in [-0.25, -0.2) is 8.78 Å². The van der Waals surface area contributed by atoms with Crippen LogP contribution in [0.4, 0.5) is 42.9 Å². The number of halogens is 2. The smallest absolute Gasteiger partial charge is 0.151 e. The van der Waals surface area contributed by atoms with Gasteiger partial charge in [0.15, 0.2) is 11.5 Å². The fraction of sp³-hybridized carbons (Fsp3) is 0.222. The van der Waals surface area contributed by atoms with Gasteiger partial charge in [-0.2, -0.15) is 0 Å². The standard InChI is InChI=1S/C54H46F2N2OS/c55-39-23-15-21-37(33-39)50-49(35-17-3-1-4-18-35)51(38-22-16-24-40(56)34-38)54(58-43-27-9-13-31-47(43)60-48-32-14-10-28-44(48)58)52(36-19-5-2-6-20-36)53(50)57-41-25-7-11-29-45(41)59-46-30-12-8-26-42(46)57/h7-16,21-36H,1-6,17-20H2. The highest BCUT2D eigenvalue weighted by Crippen LogP contribution is 2.64. The van der Waals surface area contributed by atoms with E-state index in [0.717, 1.165) is 119 Å². The summed E-state index contributed by atoms with van der Waals surface area (Å²) in [7, 11) is 0. The Balaban J connectivity index is 1.41. The molecular weight excluding hydrogens is 763 g/mol. The first kappa shape index (κ1) is 37.2. The van der Waals surface area contributed by atoms with Crippen LogP contribution in [0.3, 0.4) is 0 Å². The number of hydrogen-bond acceptors (Lipinski definition) is 4. The van der Waals surface area contributed by atoms with Gasteiger partial charge in [-0.15, -0.1) is 0 Å². The second-order valence-corrected chi connectivity index (χ2v) is 17.8. The molecule has 298 valence electrons. The van der Waals surface area contributed by atoms with Crippen molar-refractivity contribution in [1.82, 2.24) is 0 Å². The van der Waals surface area contributed by atoms with Crippen LogP contribution >= 0.6 is 11.8 Å². The summed E-state index contributed by atoms with van der Waals surface area (Å²) in [5.41, 5.74) is 12.4. The van der Waals surface area contributed by atoms with Gasteiger partial charge >= 0.3 is 0 Å². The predicted molar refractivity (Wildman–Crippen MR) is 242 cm³/mol. The minimum absolute atomic E-state index is 0.143. The lowest BCUT2D eigenvalue weighted by atomic mass is 9.71. The molecule has 6 heteroatoms. The van der Waals surface area contributed by atoms with Gasteiger partial charge in [0.2, 0.25) is 0 Å². The topological polar surface area (TPSA) is 15.7 Å². The first-order chi connectivity index (χ1) is 29.6. The minimum atomic E-state index is -0.276. The van der Waals surface area contributed by atoms with Gasteiger partial charge in [0.25, 0.3) is 0 Å². The van der Waals surface area contributed by atoms with Crippen LogP contribution in [0.25, 0.3) is 22.3 Å². The van der Waals surface area contributed by atoms with E-state index in [1.54, 1.807) is 36.0 Å². The monoisotopic (exact) mass is 808 g/mol. The Labute approximate surface area is 355 Å². The molecule has 0 unspecified atom stereocenters. The van der Waals surface area contributed by atoms with E-state index in [-0.39, 0.29) is 23.5 Å². The summed E-state index contributed by atoms with van der Waals surface area (Å²) in [6.45, 7) is 0. The summed E-state index contributed by atoms with van der Waals surface area (Å²) in [4.78, 5) is 7.32. The molecule has 11 rings (SSSR count). The van der Waals surface area contributed by atoms with Crippen LogP contribution in [0.5, 0.6) is 11.5 Å². The molecule has 0 aromatic heterocycles. The van der Waals surface area contributed by atoms with Gasteiger partial charge in [-0.05, 0) is 127 Å². The number of hydrogen-bond donors (Lipinski definition) is 0. The summed E-state index contributed by atoms with van der Waals surface area (Å²) in [6, 6.07) is 48.6. The van der Waals surface area contributed by atoms with E-state index >= 15 is 8.78 Å². The van der Waals surface area contributed by atoms with Crippen molar-refractivity contribution in [1.29, 1.82) is 0 Å². The maximum absolute atomic E-state index is 16.0. The first-order valence-electron chi connectivity index (χ1n) is 21.7. The second-order valence-electron chi connectivity index (χ2n) is 16.7. The van der Waals surface area contributed by atoms with Gasteiger partial charge in [0, 0.05) is 26.5 Å². The molecule has 0 bridgehead atoms. The average molecular weight is 809 g/mol.